The summed E-state index contributed by atoms with van der Waals surface area (Å²) in [6.45, 7) is 0. The molecule has 0 spiro atoms. The van der Waals surface area contributed by atoms with Crippen LogP contribution in [0.3, 0.4) is 0 Å². The molecule has 0 bridgehead atoms. The van der Waals surface area contributed by atoms with E-state index in [9.17, 15) is 9.18 Å². The van der Waals surface area contributed by atoms with Crippen LogP contribution in [-0.2, 0) is 11.2 Å². The number of carboxylic acid groups (broad SMARTS) is 1. The Bertz CT molecular complexity index is 331. The van der Waals surface area contributed by atoms with Gasteiger partial charge in [-0.05, 0) is 56.2 Å². The Hall–Kier alpha value is -0.170. The molecule has 2 nitrogen and oxygen atoms in total. The van der Waals surface area contributed by atoms with E-state index in [0.717, 1.165) is 0 Å². The van der Waals surface area contributed by atoms with E-state index in [-0.39, 0.29) is 6.42 Å². The second kappa shape index (κ2) is 4.36. The monoisotopic (exact) mass is 358 g/mol. The van der Waals surface area contributed by atoms with Gasteiger partial charge < -0.3 is 5.11 Å². The van der Waals surface area contributed by atoms with Crippen LogP contribution in [-0.4, -0.2) is 11.1 Å². The summed E-state index contributed by atoms with van der Waals surface area (Å²) in [6, 6.07) is 2.86. The van der Waals surface area contributed by atoms with Crippen molar-refractivity contribution in [3.8, 4) is 0 Å². The topological polar surface area (TPSA) is 37.3 Å². The van der Waals surface area contributed by atoms with Gasteiger partial charge in [-0.15, -0.1) is 0 Å². The highest BCUT2D eigenvalue weighted by molar-refractivity contribution is 14.1. The van der Waals surface area contributed by atoms with Crippen molar-refractivity contribution in [2.75, 3.05) is 0 Å². The van der Waals surface area contributed by atoms with Crippen molar-refractivity contribution < 1.29 is 14.3 Å². The van der Waals surface area contributed by atoms with E-state index in [1.807, 2.05) is 22.6 Å². The predicted octanol–water partition coefficient (Wildman–Crippen LogP) is 2.82. The van der Waals surface area contributed by atoms with Crippen LogP contribution in [0.25, 0.3) is 0 Å². The van der Waals surface area contributed by atoms with E-state index in [1.54, 1.807) is 6.07 Å². The first-order valence-electron chi connectivity index (χ1n) is 3.36. The van der Waals surface area contributed by atoms with E-state index in [4.69, 9.17) is 5.11 Å². The molecule has 70 valence electrons. The summed E-state index contributed by atoms with van der Waals surface area (Å²) in [6.07, 6.45) is -0.153. The number of rotatable bonds is 2. The predicted molar refractivity (Wildman–Crippen MR) is 58.2 cm³/mol. The second-order valence-electron chi connectivity index (χ2n) is 2.44. The van der Waals surface area contributed by atoms with Crippen molar-refractivity contribution >= 4 is 44.5 Å². The Balaban J connectivity index is 3.06. The van der Waals surface area contributed by atoms with Gasteiger partial charge in [-0.25, -0.2) is 4.39 Å². The van der Waals surface area contributed by atoms with Crippen LogP contribution in [0.1, 0.15) is 5.56 Å². The molecule has 0 aliphatic rings. The molecule has 0 saturated heterocycles. The third kappa shape index (κ3) is 2.91. The Morgan fingerprint density at radius 1 is 1.62 bits per heavy atom. The van der Waals surface area contributed by atoms with Crippen molar-refractivity contribution in [2.24, 2.45) is 0 Å². The second-order valence-corrected chi connectivity index (χ2v) is 4.40. The van der Waals surface area contributed by atoms with Gasteiger partial charge in [0, 0.05) is 3.57 Å². The molecule has 0 amide bonds. The standard InChI is InChI=1S/C8H5BrFIO2/c9-8-5(10)1-4(2-6(8)11)3-7(12)13/h1-2H,3H2,(H,12,13). The summed E-state index contributed by atoms with van der Waals surface area (Å²) in [7, 11) is 0. The van der Waals surface area contributed by atoms with Gasteiger partial charge in [0.25, 0.3) is 0 Å². The highest BCUT2D eigenvalue weighted by atomic mass is 127. The fraction of sp³-hybridized carbons (Fsp3) is 0.125. The van der Waals surface area contributed by atoms with Crippen molar-refractivity contribution in [2.45, 2.75) is 6.42 Å². The third-order valence-electron chi connectivity index (χ3n) is 1.40. The first-order valence-corrected chi connectivity index (χ1v) is 5.23. The van der Waals surface area contributed by atoms with E-state index in [0.29, 0.717) is 13.6 Å². The number of aliphatic carboxylic acids is 1. The fourth-order valence-corrected chi connectivity index (χ4v) is 1.77. The zero-order valence-corrected chi connectivity index (χ0v) is 10.1. The van der Waals surface area contributed by atoms with E-state index in [1.165, 1.54) is 6.07 Å². The van der Waals surface area contributed by atoms with Crippen molar-refractivity contribution in [3.63, 3.8) is 0 Å². The number of benzene rings is 1. The molecule has 1 N–H and O–H groups in total. The molecule has 0 unspecified atom stereocenters. The van der Waals surface area contributed by atoms with Crippen LogP contribution in [0.5, 0.6) is 0 Å². The minimum atomic E-state index is -0.961. The van der Waals surface area contributed by atoms with Crippen LogP contribution in [0.15, 0.2) is 16.6 Å². The van der Waals surface area contributed by atoms with Crippen LogP contribution in [0.2, 0.25) is 0 Å². The highest BCUT2D eigenvalue weighted by Crippen LogP contribution is 2.24. The Morgan fingerprint density at radius 2 is 2.23 bits per heavy atom. The quantitative estimate of drug-likeness (QED) is 0.652. The van der Waals surface area contributed by atoms with Gasteiger partial charge >= 0.3 is 5.97 Å². The van der Waals surface area contributed by atoms with Gasteiger partial charge in [0.1, 0.15) is 5.82 Å². The minimum absolute atomic E-state index is 0.153. The molecule has 0 fully saturated rings. The Kier molecular flexibility index (Phi) is 3.66. The number of hydrogen-bond acceptors (Lipinski definition) is 1. The maximum atomic E-state index is 13.0. The first-order chi connectivity index (χ1) is 6.00. The largest absolute Gasteiger partial charge is 0.481 e. The number of carbonyl (C=O) groups is 1. The molecule has 1 aromatic carbocycles. The van der Waals surface area contributed by atoms with Gasteiger partial charge in [-0.3, -0.25) is 4.79 Å². The molecule has 0 aromatic heterocycles. The molecule has 0 aliphatic heterocycles. The van der Waals surface area contributed by atoms with Gasteiger partial charge in [0.05, 0.1) is 10.9 Å². The van der Waals surface area contributed by atoms with Crippen LogP contribution < -0.4 is 0 Å². The zero-order valence-electron chi connectivity index (χ0n) is 6.35. The summed E-state index contributed by atoms with van der Waals surface area (Å²) in [5.41, 5.74) is 0.470. The molecular weight excluding hydrogens is 354 g/mol. The normalized spacial score (nSPS) is 10.1. The average molecular weight is 359 g/mol. The molecule has 0 radical (unpaired) electrons. The smallest absolute Gasteiger partial charge is 0.307 e. The van der Waals surface area contributed by atoms with Crippen molar-refractivity contribution in [1.82, 2.24) is 0 Å². The summed E-state index contributed by atoms with van der Waals surface area (Å²) >= 11 is 4.99. The molecular formula is C8H5BrFIO2. The zero-order chi connectivity index (χ0) is 10.0. The average Bonchev–Trinajstić information content (AvgIpc) is 1.98. The van der Waals surface area contributed by atoms with Gasteiger partial charge in [0.2, 0.25) is 0 Å². The van der Waals surface area contributed by atoms with Crippen LogP contribution >= 0.6 is 38.5 Å². The molecule has 0 saturated carbocycles. The molecule has 5 heteroatoms. The lowest BCUT2D eigenvalue weighted by molar-refractivity contribution is -0.136. The van der Waals surface area contributed by atoms with Gasteiger partial charge in [-0.1, -0.05) is 0 Å². The number of carboxylic acids is 1. The van der Waals surface area contributed by atoms with E-state index < -0.39 is 11.8 Å². The van der Waals surface area contributed by atoms with Crippen molar-refractivity contribution in [3.05, 3.63) is 31.6 Å². The lowest BCUT2D eigenvalue weighted by atomic mass is 10.1. The lowest BCUT2D eigenvalue weighted by Gasteiger charge is -2.02. The molecule has 1 rings (SSSR count). The Labute approximate surface area is 96.4 Å². The lowest BCUT2D eigenvalue weighted by Crippen LogP contribution is -2.01. The number of hydrogen-bond donors (Lipinski definition) is 1. The van der Waals surface area contributed by atoms with Gasteiger partial charge in [-0.2, -0.15) is 0 Å². The first kappa shape index (κ1) is 10.9. The third-order valence-corrected chi connectivity index (χ3v) is 3.80. The molecule has 0 aliphatic carbocycles. The maximum absolute atomic E-state index is 13.0. The van der Waals surface area contributed by atoms with Gasteiger partial charge in [0.15, 0.2) is 0 Å². The molecule has 13 heavy (non-hydrogen) atoms. The highest BCUT2D eigenvalue weighted by Gasteiger charge is 2.08. The van der Waals surface area contributed by atoms with E-state index >= 15 is 0 Å². The van der Waals surface area contributed by atoms with Crippen molar-refractivity contribution in [1.29, 1.82) is 0 Å². The summed E-state index contributed by atoms with van der Waals surface area (Å²) in [4.78, 5) is 10.3. The maximum Gasteiger partial charge on any atom is 0.307 e. The molecule has 0 atom stereocenters. The van der Waals surface area contributed by atoms with Crippen LogP contribution in [0.4, 0.5) is 4.39 Å². The molecule has 0 heterocycles. The summed E-state index contributed by atoms with van der Waals surface area (Å²) < 4.78 is 14.1. The minimum Gasteiger partial charge on any atom is -0.481 e. The molecule has 1 aromatic rings. The number of halogens is 3. The Morgan fingerprint density at radius 3 is 2.69 bits per heavy atom. The summed E-state index contributed by atoms with van der Waals surface area (Å²) in [5.74, 6) is -1.39. The SMILES string of the molecule is O=C(O)Cc1cc(F)c(Br)c(I)c1. The van der Waals surface area contributed by atoms with E-state index in [2.05, 4.69) is 15.9 Å². The van der Waals surface area contributed by atoms with Crippen LogP contribution in [0, 0.1) is 9.39 Å². The fourth-order valence-electron chi connectivity index (χ4n) is 0.885. The summed E-state index contributed by atoms with van der Waals surface area (Å²) in [5, 5.41) is 8.48.